The summed E-state index contributed by atoms with van der Waals surface area (Å²) in [4.78, 5) is 43.1. The summed E-state index contributed by atoms with van der Waals surface area (Å²) < 4.78 is 19.8. The van der Waals surface area contributed by atoms with Crippen LogP contribution in [-0.2, 0) is 9.53 Å². The Morgan fingerprint density at radius 2 is 1.74 bits per heavy atom. The Morgan fingerprint density at radius 1 is 1.09 bits per heavy atom. The van der Waals surface area contributed by atoms with E-state index in [1.54, 1.807) is 28.0 Å². The number of aryl methyl sites for hydroxylation is 1. The third-order valence-corrected chi connectivity index (χ3v) is 6.95. The minimum Gasteiger partial charge on any atom is -0.353 e. The molecular formula is C27H32FN3O4. The highest BCUT2D eigenvalue weighted by molar-refractivity contribution is 5.99. The highest BCUT2D eigenvalue weighted by Gasteiger charge is 2.54. The first-order valence-corrected chi connectivity index (χ1v) is 12.1. The number of amides is 3. The Bertz CT molecular complexity index is 1110. The molecule has 4 rings (SSSR count). The lowest BCUT2D eigenvalue weighted by molar-refractivity contribution is -0.128. The zero-order valence-electron chi connectivity index (χ0n) is 20.4. The average Bonchev–Trinajstić information content (AvgIpc) is 3.22. The Hall–Kier alpha value is -3.26. The van der Waals surface area contributed by atoms with E-state index in [2.05, 4.69) is 5.32 Å². The van der Waals surface area contributed by atoms with Crippen LogP contribution in [0.3, 0.4) is 0 Å². The first kappa shape index (κ1) is 24.9. The van der Waals surface area contributed by atoms with Crippen LogP contribution < -0.4 is 5.32 Å². The molecule has 2 aliphatic heterocycles. The molecule has 35 heavy (non-hydrogen) atoms. The van der Waals surface area contributed by atoms with E-state index < -0.39 is 17.6 Å². The van der Waals surface area contributed by atoms with E-state index in [0.29, 0.717) is 31.5 Å². The largest absolute Gasteiger partial charge is 0.353 e. The topological polar surface area (TPSA) is 79.0 Å². The highest BCUT2D eigenvalue weighted by Crippen LogP contribution is 2.39. The van der Waals surface area contributed by atoms with Crippen LogP contribution in [0.25, 0.3) is 0 Å². The van der Waals surface area contributed by atoms with Crippen molar-refractivity contribution in [2.24, 2.45) is 0 Å². The average molecular weight is 482 g/mol. The summed E-state index contributed by atoms with van der Waals surface area (Å²) in [5.41, 5.74) is 0.735. The van der Waals surface area contributed by atoms with Gasteiger partial charge >= 0.3 is 0 Å². The van der Waals surface area contributed by atoms with Crippen molar-refractivity contribution in [1.82, 2.24) is 15.1 Å². The van der Waals surface area contributed by atoms with Crippen molar-refractivity contribution < 1.29 is 23.5 Å². The molecule has 186 valence electrons. The fourth-order valence-corrected chi connectivity index (χ4v) is 4.79. The summed E-state index contributed by atoms with van der Waals surface area (Å²) in [6.07, 6.45) is 1.49. The highest BCUT2D eigenvalue weighted by atomic mass is 19.1. The zero-order valence-corrected chi connectivity index (χ0v) is 20.4. The molecule has 0 bridgehead atoms. The third-order valence-electron chi connectivity index (χ3n) is 6.95. The lowest BCUT2D eigenvalue weighted by atomic mass is 9.95. The maximum absolute atomic E-state index is 13.8. The van der Waals surface area contributed by atoms with Gasteiger partial charge in [-0.1, -0.05) is 30.7 Å². The van der Waals surface area contributed by atoms with Crippen LogP contribution in [0.2, 0.25) is 0 Å². The van der Waals surface area contributed by atoms with Crippen LogP contribution >= 0.6 is 0 Å². The van der Waals surface area contributed by atoms with E-state index in [4.69, 9.17) is 4.74 Å². The zero-order chi connectivity index (χ0) is 25.2. The van der Waals surface area contributed by atoms with Crippen molar-refractivity contribution in [3.63, 3.8) is 0 Å². The smallest absolute Gasteiger partial charge is 0.256 e. The number of ether oxygens (including phenoxy) is 1. The summed E-state index contributed by atoms with van der Waals surface area (Å²) in [5.74, 6) is -1.23. The quantitative estimate of drug-likeness (QED) is 0.709. The summed E-state index contributed by atoms with van der Waals surface area (Å²) >= 11 is 0. The van der Waals surface area contributed by atoms with Crippen molar-refractivity contribution in [2.75, 3.05) is 19.7 Å². The normalized spacial score (nSPS) is 20.1. The Kier molecular flexibility index (Phi) is 7.21. The molecule has 2 aliphatic rings. The number of nitrogens with one attached hydrogen (secondary N) is 1. The number of likely N-dealkylation sites (tertiary alicyclic amines) is 1. The molecule has 1 spiro atoms. The number of rotatable bonds is 5. The van der Waals surface area contributed by atoms with E-state index in [0.717, 1.165) is 12.0 Å². The first-order chi connectivity index (χ1) is 16.7. The van der Waals surface area contributed by atoms with Crippen LogP contribution in [0.5, 0.6) is 0 Å². The van der Waals surface area contributed by atoms with Gasteiger partial charge in [-0.3, -0.25) is 19.3 Å². The summed E-state index contributed by atoms with van der Waals surface area (Å²) in [6, 6.07) is 12.1. The molecule has 8 heteroatoms. The van der Waals surface area contributed by atoms with Gasteiger partial charge in [-0.05, 0) is 50.6 Å². The molecule has 3 amide bonds. The number of halogens is 1. The van der Waals surface area contributed by atoms with Gasteiger partial charge in [0.1, 0.15) is 17.6 Å². The molecule has 7 nitrogen and oxygen atoms in total. The third kappa shape index (κ3) is 5.07. The predicted octanol–water partition coefficient (Wildman–Crippen LogP) is 3.52. The van der Waals surface area contributed by atoms with Crippen molar-refractivity contribution in [3.05, 3.63) is 71.0 Å². The van der Waals surface area contributed by atoms with Gasteiger partial charge in [0.15, 0.2) is 0 Å². The van der Waals surface area contributed by atoms with Crippen molar-refractivity contribution in [2.45, 2.75) is 57.8 Å². The van der Waals surface area contributed by atoms with Crippen molar-refractivity contribution in [3.8, 4) is 0 Å². The second kappa shape index (κ2) is 10.2. The minimum atomic E-state index is -0.989. The van der Waals surface area contributed by atoms with Gasteiger partial charge in [0.25, 0.3) is 11.8 Å². The van der Waals surface area contributed by atoms with Gasteiger partial charge in [0, 0.05) is 43.1 Å². The van der Waals surface area contributed by atoms with Crippen LogP contribution in [0, 0.1) is 12.7 Å². The van der Waals surface area contributed by atoms with E-state index in [9.17, 15) is 18.8 Å². The van der Waals surface area contributed by atoms with Gasteiger partial charge in [0.2, 0.25) is 5.91 Å². The van der Waals surface area contributed by atoms with Crippen molar-refractivity contribution in [1.29, 1.82) is 0 Å². The molecular weight excluding hydrogens is 449 g/mol. The van der Waals surface area contributed by atoms with E-state index >= 15 is 0 Å². The molecule has 2 atom stereocenters. The SMILES string of the molecule is CC[C@H](C)NC(=O)[C@H]1COC2(CCN(C(=O)c3cccc(F)c3)CC2)N1C(=O)c1cccc(C)c1. The molecule has 0 saturated carbocycles. The van der Waals surface area contributed by atoms with Crippen LogP contribution in [0.15, 0.2) is 48.5 Å². The number of benzene rings is 2. The van der Waals surface area contributed by atoms with E-state index in [1.807, 2.05) is 32.9 Å². The second-order valence-electron chi connectivity index (χ2n) is 9.44. The number of carbonyl (C=O) groups excluding carboxylic acids is 3. The van der Waals surface area contributed by atoms with Crippen LogP contribution in [-0.4, -0.2) is 65.0 Å². The van der Waals surface area contributed by atoms with Crippen LogP contribution in [0.4, 0.5) is 4.39 Å². The molecule has 2 heterocycles. The lowest BCUT2D eigenvalue weighted by Crippen LogP contribution is -2.60. The second-order valence-corrected chi connectivity index (χ2v) is 9.44. The molecule has 2 fully saturated rings. The van der Waals surface area contributed by atoms with E-state index in [-0.39, 0.29) is 35.9 Å². The molecule has 2 aromatic carbocycles. The number of hydrogen-bond acceptors (Lipinski definition) is 4. The number of nitrogens with zero attached hydrogens (tertiary/aromatic N) is 2. The summed E-state index contributed by atoms with van der Waals surface area (Å²) in [6.45, 7) is 6.57. The molecule has 2 aromatic rings. The predicted molar refractivity (Wildman–Crippen MR) is 129 cm³/mol. The molecule has 0 aliphatic carbocycles. The fourth-order valence-electron chi connectivity index (χ4n) is 4.79. The van der Waals surface area contributed by atoms with Crippen LogP contribution in [0.1, 0.15) is 59.4 Å². The van der Waals surface area contributed by atoms with Gasteiger partial charge in [0.05, 0.1) is 6.61 Å². The standard InChI is InChI=1S/C27H32FN3O4/c1-4-19(3)29-24(32)23-17-35-27(31(23)26(34)20-8-5-7-18(2)15-20)11-13-30(14-12-27)25(33)21-9-6-10-22(28)16-21/h5-10,15-16,19,23H,4,11-14,17H2,1-3H3,(H,29,32)/t19-,23+/m0/s1. The molecule has 2 saturated heterocycles. The Balaban J connectivity index is 1.58. The molecule has 0 aromatic heterocycles. The first-order valence-electron chi connectivity index (χ1n) is 12.1. The van der Waals surface area contributed by atoms with Crippen molar-refractivity contribution >= 4 is 17.7 Å². The number of carbonyl (C=O) groups is 3. The summed E-state index contributed by atoms with van der Waals surface area (Å²) in [5, 5.41) is 2.98. The molecule has 0 unspecified atom stereocenters. The fraction of sp³-hybridized carbons (Fsp3) is 0.444. The number of piperidine rings is 1. The Morgan fingerprint density at radius 3 is 2.37 bits per heavy atom. The van der Waals surface area contributed by atoms with Gasteiger partial charge in [-0.2, -0.15) is 0 Å². The maximum Gasteiger partial charge on any atom is 0.256 e. The Labute approximate surface area is 205 Å². The lowest BCUT2D eigenvalue weighted by Gasteiger charge is -2.44. The minimum absolute atomic E-state index is 0.0271. The van der Waals surface area contributed by atoms with Gasteiger partial charge in [-0.25, -0.2) is 4.39 Å². The monoisotopic (exact) mass is 481 g/mol. The maximum atomic E-state index is 13.8. The van der Waals surface area contributed by atoms with Gasteiger partial charge in [-0.15, -0.1) is 0 Å². The molecule has 0 radical (unpaired) electrons. The van der Waals surface area contributed by atoms with Gasteiger partial charge < -0.3 is 15.0 Å². The molecule has 1 N–H and O–H groups in total. The van der Waals surface area contributed by atoms with E-state index in [1.165, 1.54) is 18.2 Å². The summed E-state index contributed by atoms with van der Waals surface area (Å²) in [7, 11) is 0. The number of hydrogen-bond donors (Lipinski definition) is 1.